The zero-order chi connectivity index (χ0) is 19.2. The van der Waals surface area contributed by atoms with Crippen molar-refractivity contribution in [1.29, 1.82) is 0 Å². The van der Waals surface area contributed by atoms with Crippen LogP contribution in [-0.4, -0.2) is 45.1 Å². The SMILES string of the molecule is CSc1nccc(N2CCC(N[C@@H](Cn3cccn3)c3ccccc3)CC2)n1. The molecule has 7 heteroatoms. The Morgan fingerprint density at radius 3 is 2.64 bits per heavy atom. The predicted molar refractivity (Wildman–Crippen MR) is 114 cm³/mol. The quantitative estimate of drug-likeness (QED) is 0.490. The van der Waals surface area contributed by atoms with E-state index in [0.29, 0.717) is 6.04 Å². The van der Waals surface area contributed by atoms with Crippen LogP contribution in [0.1, 0.15) is 24.4 Å². The first-order chi connectivity index (χ1) is 13.8. The van der Waals surface area contributed by atoms with Crippen LogP contribution in [0.2, 0.25) is 0 Å². The van der Waals surface area contributed by atoms with E-state index in [-0.39, 0.29) is 6.04 Å². The standard InChI is InChI=1S/C21H26N6S/c1-28-21-22-12-8-20(25-21)26-14-9-18(10-15-26)24-19(16-27-13-5-11-23-27)17-6-3-2-4-7-17/h2-8,11-13,18-19,24H,9-10,14-16H2,1H3/t19-/m0/s1. The van der Waals surface area contributed by atoms with E-state index in [2.05, 4.69) is 55.6 Å². The molecule has 0 saturated carbocycles. The number of aromatic nitrogens is 4. The third kappa shape index (κ3) is 4.72. The molecule has 0 amide bonds. The molecule has 1 aromatic carbocycles. The normalized spacial score (nSPS) is 16.2. The van der Waals surface area contributed by atoms with Gasteiger partial charge in [0.1, 0.15) is 5.82 Å². The van der Waals surface area contributed by atoms with E-state index >= 15 is 0 Å². The fraction of sp³-hybridized carbons (Fsp3) is 0.381. The lowest BCUT2D eigenvalue weighted by Crippen LogP contribution is -2.44. The van der Waals surface area contributed by atoms with Crippen molar-refractivity contribution in [2.75, 3.05) is 24.2 Å². The monoisotopic (exact) mass is 394 g/mol. The van der Waals surface area contributed by atoms with Crippen molar-refractivity contribution in [3.63, 3.8) is 0 Å². The van der Waals surface area contributed by atoms with Gasteiger partial charge in [-0.05, 0) is 36.8 Å². The fourth-order valence-corrected chi connectivity index (χ4v) is 4.05. The smallest absolute Gasteiger partial charge is 0.189 e. The summed E-state index contributed by atoms with van der Waals surface area (Å²) in [6, 6.07) is 15.4. The van der Waals surface area contributed by atoms with Gasteiger partial charge < -0.3 is 10.2 Å². The average molecular weight is 395 g/mol. The highest BCUT2D eigenvalue weighted by molar-refractivity contribution is 7.98. The second-order valence-corrected chi connectivity index (χ2v) is 7.79. The van der Waals surface area contributed by atoms with Crippen LogP contribution >= 0.6 is 11.8 Å². The van der Waals surface area contributed by atoms with Gasteiger partial charge in [0.15, 0.2) is 5.16 Å². The lowest BCUT2D eigenvalue weighted by atomic mass is 10.0. The highest BCUT2D eigenvalue weighted by Crippen LogP contribution is 2.23. The molecule has 2 aromatic heterocycles. The van der Waals surface area contributed by atoms with E-state index in [0.717, 1.165) is 43.5 Å². The van der Waals surface area contributed by atoms with Gasteiger partial charge in [0.25, 0.3) is 0 Å². The second-order valence-electron chi connectivity index (χ2n) is 7.02. The fourth-order valence-electron chi connectivity index (χ4n) is 3.70. The Kier molecular flexibility index (Phi) is 6.24. The summed E-state index contributed by atoms with van der Waals surface area (Å²) in [6.07, 6.45) is 9.93. The maximum atomic E-state index is 4.64. The number of thioether (sulfide) groups is 1. The molecule has 4 rings (SSSR count). The van der Waals surface area contributed by atoms with E-state index < -0.39 is 0 Å². The number of hydrogen-bond acceptors (Lipinski definition) is 6. The summed E-state index contributed by atoms with van der Waals surface area (Å²) >= 11 is 1.59. The molecular formula is C21H26N6S. The molecular weight excluding hydrogens is 368 g/mol. The average Bonchev–Trinajstić information content (AvgIpc) is 3.28. The minimum atomic E-state index is 0.250. The number of benzene rings is 1. The van der Waals surface area contributed by atoms with Crippen LogP contribution in [-0.2, 0) is 6.54 Å². The summed E-state index contributed by atoms with van der Waals surface area (Å²) in [7, 11) is 0. The van der Waals surface area contributed by atoms with Crippen LogP contribution in [0.25, 0.3) is 0 Å². The Morgan fingerprint density at radius 1 is 1.11 bits per heavy atom. The lowest BCUT2D eigenvalue weighted by Gasteiger charge is -2.35. The van der Waals surface area contributed by atoms with Gasteiger partial charge in [-0.2, -0.15) is 5.10 Å². The molecule has 3 heterocycles. The minimum absolute atomic E-state index is 0.250. The summed E-state index contributed by atoms with van der Waals surface area (Å²) < 4.78 is 2.00. The van der Waals surface area contributed by atoms with Gasteiger partial charge >= 0.3 is 0 Å². The molecule has 0 aliphatic carbocycles. The number of piperidine rings is 1. The van der Waals surface area contributed by atoms with E-state index in [1.165, 1.54) is 5.56 Å². The summed E-state index contributed by atoms with van der Waals surface area (Å²) in [4.78, 5) is 11.3. The Labute approximate surface area is 170 Å². The summed E-state index contributed by atoms with van der Waals surface area (Å²) in [5.74, 6) is 1.04. The first kappa shape index (κ1) is 19.0. The third-order valence-electron chi connectivity index (χ3n) is 5.19. The molecule has 146 valence electrons. The van der Waals surface area contributed by atoms with Crippen LogP contribution in [0.5, 0.6) is 0 Å². The molecule has 1 N–H and O–H groups in total. The molecule has 0 bridgehead atoms. The molecule has 6 nitrogen and oxygen atoms in total. The maximum absolute atomic E-state index is 4.64. The number of rotatable bonds is 7. The molecule has 1 atom stereocenters. The highest BCUT2D eigenvalue weighted by atomic mass is 32.2. The number of nitrogens with one attached hydrogen (secondary N) is 1. The Morgan fingerprint density at radius 2 is 1.93 bits per heavy atom. The van der Waals surface area contributed by atoms with Crippen LogP contribution in [0.15, 0.2) is 66.2 Å². The largest absolute Gasteiger partial charge is 0.356 e. The Balaban J connectivity index is 1.39. The van der Waals surface area contributed by atoms with E-state index in [9.17, 15) is 0 Å². The molecule has 0 radical (unpaired) electrons. The van der Waals surface area contributed by atoms with Crippen LogP contribution in [0.4, 0.5) is 5.82 Å². The van der Waals surface area contributed by atoms with Crippen molar-refractivity contribution in [2.24, 2.45) is 0 Å². The summed E-state index contributed by atoms with van der Waals surface area (Å²) in [5, 5.41) is 9.11. The van der Waals surface area contributed by atoms with E-state index in [1.54, 1.807) is 11.8 Å². The molecule has 0 unspecified atom stereocenters. The molecule has 1 saturated heterocycles. The van der Waals surface area contributed by atoms with Crippen LogP contribution in [0.3, 0.4) is 0 Å². The van der Waals surface area contributed by atoms with Gasteiger partial charge in [-0.3, -0.25) is 4.68 Å². The van der Waals surface area contributed by atoms with Crippen molar-refractivity contribution < 1.29 is 0 Å². The zero-order valence-electron chi connectivity index (χ0n) is 16.1. The van der Waals surface area contributed by atoms with E-state index in [1.807, 2.05) is 41.7 Å². The number of hydrogen-bond donors (Lipinski definition) is 1. The number of nitrogens with zero attached hydrogens (tertiary/aromatic N) is 5. The van der Waals surface area contributed by atoms with Gasteiger partial charge in [-0.15, -0.1) is 0 Å². The molecule has 28 heavy (non-hydrogen) atoms. The first-order valence-electron chi connectivity index (χ1n) is 9.72. The van der Waals surface area contributed by atoms with Crippen molar-refractivity contribution in [2.45, 2.75) is 36.6 Å². The topological polar surface area (TPSA) is 58.9 Å². The van der Waals surface area contributed by atoms with E-state index in [4.69, 9.17) is 0 Å². The molecule has 3 aromatic rings. The zero-order valence-corrected chi connectivity index (χ0v) is 16.9. The summed E-state index contributed by atoms with van der Waals surface area (Å²) in [6.45, 7) is 2.85. The minimum Gasteiger partial charge on any atom is -0.356 e. The van der Waals surface area contributed by atoms with Crippen LogP contribution < -0.4 is 10.2 Å². The first-order valence-corrected chi connectivity index (χ1v) is 10.9. The molecule has 1 fully saturated rings. The van der Waals surface area contributed by atoms with Crippen LogP contribution in [0, 0.1) is 0 Å². The van der Waals surface area contributed by atoms with Gasteiger partial charge in [-0.25, -0.2) is 9.97 Å². The number of anilines is 1. The van der Waals surface area contributed by atoms with Gasteiger partial charge in [0, 0.05) is 37.7 Å². The lowest BCUT2D eigenvalue weighted by molar-refractivity contribution is 0.338. The van der Waals surface area contributed by atoms with Crippen molar-refractivity contribution >= 4 is 17.6 Å². The van der Waals surface area contributed by atoms with Gasteiger partial charge in [-0.1, -0.05) is 42.1 Å². The third-order valence-corrected chi connectivity index (χ3v) is 5.75. The van der Waals surface area contributed by atoms with Crippen molar-refractivity contribution in [3.05, 3.63) is 66.6 Å². The van der Waals surface area contributed by atoms with Crippen molar-refractivity contribution in [3.8, 4) is 0 Å². The molecule has 1 aliphatic rings. The van der Waals surface area contributed by atoms with Gasteiger partial charge in [0.05, 0.1) is 12.6 Å². The second kappa shape index (κ2) is 9.21. The Bertz CT molecular complexity index is 846. The maximum Gasteiger partial charge on any atom is 0.189 e. The molecule has 0 spiro atoms. The molecule has 1 aliphatic heterocycles. The van der Waals surface area contributed by atoms with Crippen molar-refractivity contribution in [1.82, 2.24) is 25.1 Å². The predicted octanol–water partition coefficient (Wildman–Crippen LogP) is 3.39. The Hall–Kier alpha value is -2.38. The highest BCUT2D eigenvalue weighted by Gasteiger charge is 2.23. The van der Waals surface area contributed by atoms with Gasteiger partial charge in [0.2, 0.25) is 0 Å². The summed E-state index contributed by atoms with van der Waals surface area (Å²) in [5.41, 5.74) is 1.31.